The van der Waals surface area contributed by atoms with Crippen LogP contribution >= 0.6 is 0 Å². The second-order valence-electron chi connectivity index (χ2n) is 5.15. The van der Waals surface area contributed by atoms with Gasteiger partial charge in [-0.1, -0.05) is 45.4 Å². The van der Waals surface area contributed by atoms with Gasteiger partial charge >= 0.3 is 0 Å². The fraction of sp³-hybridized carbons (Fsp3) is 0.600. The first-order chi connectivity index (χ1) is 9.91. The molecule has 0 aliphatic heterocycles. The predicted octanol–water partition coefficient (Wildman–Crippen LogP) is 5.13. The second-order valence-corrected chi connectivity index (χ2v) is 5.15. The normalized spacial score (nSPS) is 12.7. The molecule has 0 aliphatic rings. The molecule has 2 N–H and O–H groups in total. The molecular weight excluding hydrogens is 289 g/mol. The summed E-state index contributed by atoms with van der Waals surface area (Å²) in [5, 5.41) is 0. The number of benzene rings is 1. The Kier molecular flexibility index (Phi) is 7.08. The summed E-state index contributed by atoms with van der Waals surface area (Å²) in [7, 11) is 0. The van der Waals surface area contributed by atoms with Crippen LogP contribution in [0.5, 0.6) is 0 Å². The number of halogens is 5. The smallest absolute Gasteiger partial charge is 0.200 e. The van der Waals surface area contributed by atoms with E-state index in [2.05, 4.69) is 6.92 Å². The largest absolute Gasteiger partial charge is 0.324 e. The van der Waals surface area contributed by atoms with Crippen molar-refractivity contribution in [1.82, 2.24) is 0 Å². The molecule has 0 fully saturated rings. The van der Waals surface area contributed by atoms with Crippen LogP contribution in [0.3, 0.4) is 0 Å². The second kappa shape index (κ2) is 8.32. The maximum atomic E-state index is 13.5. The van der Waals surface area contributed by atoms with Crippen LogP contribution in [0.2, 0.25) is 0 Å². The van der Waals surface area contributed by atoms with Crippen LogP contribution in [0.1, 0.15) is 63.5 Å². The van der Waals surface area contributed by atoms with Crippen molar-refractivity contribution in [3.63, 3.8) is 0 Å². The van der Waals surface area contributed by atoms with Gasteiger partial charge in [0.1, 0.15) is 0 Å². The first-order valence-electron chi connectivity index (χ1n) is 7.18. The summed E-state index contributed by atoms with van der Waals surface area (Å²) in [4.78, 5) is 0. The average Bonchev–Trinajstić information content (AvgIpc) is 2.47. The summed E-state index contributed by atoms with van der Waals surface area (Å²) in [5.41, 5.74) is 4.67. The Hall–Kier alpha value is -1.17. The molecule has 0 bridgehead atoms. The van der Waals surface area contributed by atoms with Gasteiger partial charge in [-0.05, 0) is 6.42 Å². The Morgan fingerprint density at radius 1 is 0.714 bits per heavy atom. The van der Waals surface area contributed by atoms with Crippen molar-refractivity contribution in [3.8, 4) is 0 Å². The van der Waals surface area contributed by atoms with E-state index in [0.717, 1.165) is 32.1 Å². The fourth-order valence-electron chi connectivity index (χ4n) is 2.24. The zero-order valence-corrected chi connectivity index (χ0v) is 12.0. The van der Waals surface area contributed by atoms with E-state index in [1.807, 2.05) is 0 Å². The molecule has 1 rings (SSSR count). The van der Waals surface area contributed by atoms with Crippen LogP contribution in [0, 0.1) is 29.1 Å². The highest BCUT2D eigenvalue weighted by Crippen LogP contribution is 2.29. The van der Waals surface area contributed by atoms with E-state index >= 15 is 0 Å². The summed E-state index contributed by atoms with van der Waals surface area (Å²) in [5.74, 6) is -9.69. The monoisotopic (exact) mass is 309 g/mol. The van der Waals surface area contributed by atoms with Gasteiger partial charge in [-0.2, -0.15) is 0 Å². The van der Waals surface area contributed by atoms with Crippen molar-refractivity contribution in [2.75, 3.05) is 0 Å². The Morgan fingerprint density at radius 2 is 1.14 bits per heavy atom. The highest BCUT2D eigenvalue weighted by atomic mass is 19.2. The van der Waals surface area contributed by atoms with Gasteiger partial charge in [0, 0.05) is 11.6 Å². The lowest BCUT2D eigenvalue weighted by atomic mass is 9.98. The SMILES string of the molecule is CCCCCCCCC(N)c1c(F)c(F)c(F)c(F)c1F. The number of hydrogen-bond acceptors (Lipinski definition) is 1. The molecule has 0 saturated heterocycles. The van der Waals surface area contributed by atoms with E-state index in [1.165, 1.54) is 0 Å². The van der Waals surface area contributed by atoms with E-state index in [1.54, 1.807) is 0 Å². The molecule has 1 aromatic carbocycles. The zero-order valence-electron chi connectivity index (χ0n) is 12.0. The molecule has 1 unspecified atom stereocenters. The van der Waals surface area contributed by atoms with E-state index < -0.39 is 40.7 Å². The third-order valence-corrected chi connectivity index (χ3v) is 3.48. The highest BCUT2D eigenvalue weighted by molar-refractivity contribution is 5.26. The molecule has 0 saturated carbocycles. The minimum absolute atomic E-state index is 0.185. The summed E-state index contributed by atoms with van der Waals surface area (Å²) >= 11 is 0. The third-order valence-electron chi connectivity index (χ3n) is 3.48. The molecule has 0 aliphatic carbocycles. The number of rotatable bonds is 8. The van der Waals surface area contributed by atoms with Gasteiger partial charge in [0.2, 0.25) is 5.82 Å². The van der Waals surface area contributed by atoms with Crippen LogP contribution in [-0.4, -0.2) is 0 Å². The molecule has 0 spiro atoms. The van der Waals surface area contributed by atoms with E-state index in [9.17, 15) is 22.0 Å². The van der Waals surface area contributed by atoms with Gasteiger partial charge in [-0.25, -0.2) is 22.0 Å². The Balaban J connectivity index is 2.68. The molecular formula is C15H20F5N. The first kappa shape index (κ1) is 17.9. The molecule has 0 aromatic heterocycles. The molecule has 6 heteroatoms. The van der Waals surface area contributed by atoms with Crippen molar-refractivity contribution in [1.29, 1.82) is 0 Å². The molecule has 1 atom stereocenters. The van der Waals surface area contributed by atoms with E-state index in [0.29, 0.717) is 6.42 Å². The van der Waals surface area contributed by atoms with Crippen LogP contribution in [0.4, 0.5) is 22.0 Å². The van der Waals surface area contributed by atoms with Gasteiger partial charge in [0.05, 0.1) is 0 Å². The topological polar surface area (TPSA) is 26.0 Å². The maximum Gasteiger partial charge on any atom is 0.200 e. The van der Waals surface area contributed by atoms with Crippen LogP contribution < -0.4 is 5.73 Å². The minimum atomic E-state index is -2.15. The third kappa shape index (κ3) is 4.40. The molecule has 21 heavy (non-hydrogen) atoms. The summed E-state index contributed by atoms with van der Waals surface area (Å²) in [6.45, 7) is 2.08. The molecule has 0 heterocycles. The molecule has 1 aromatic rings. The average molecular weight is 309 g/mol. The Labute approximate surface area is 121 Å². The Morgan fingerprint density at radius 3 is 1.67 bits per heavy atom. The van der Waals surface area contributed by atoms with Gasteiger partial charge in [-0.15, -0.1) is 0 Å². The lowest BCUT2D eigenvalue weighted by molar-refractivity contribution is 0.361. The predicted molar refractivity (Wildman–Crippen MR) is 71.2 cm³/mol. The fourth-order valence-corrected chi connectivity index (χ4v) is 2.24. The maximum absolute atomic E-state index is 13.5. The van der Waals surface area contributed by atoms with E-state index in [-0.39, 0.29) is 6.42 Å². The summed E-state index contributed by atoms with van der Waals surface area (Å²) in [6, 6.07) is -1.19. The van der Waals surface area contributed by atoms with Crippen LogP contribution in [0.15, 0.2) is 0 Å². The van der Waals surface area contributed by atoms with Gasteiger partial charge in [0.25, 0.3) is 0 Å². The number of unbranched alkanes of at least 4 members (excludes halogenated alkanes) is 5. The quantitative estimate of drug-likeness (QED) is 0.306. The summed E-state index contributed by atoms with van der Waals surface area (Å²) in [6.07, 6.45) is 5.84. The molecule has 0 radical (unpaired) electrons. The van der Waals surface area contributed by atoms with Crippen molar-refractivity contribution in [2.45, 2.75) is 57.9 Å². The first-order valence-corrected chi connectivity index (χ1v) is 7.18. The molecule has 120 valence electrons. The standard InChI is InChI=1S/C15H20F5N/c1-2-3-4-5-6-7-8-9(21)10-11(16)13(18)15(20)14(19)12(10)17/h9H,2-8,21H2,1H3. The number of hydrogen-bond donors (Lipinski definition) is 1. The molecule has 1 nitrogen and oxygen atoms in total. The lowest BCUT2D eigenvalue weighted by Gasteiger charge is -2.15. The Bertz CT molecular complexity index is 447. The lowest BCUT2D eigenvalue weighted by Crippen LogP contribution is -2.18. The van der Waals surface area contributed by atoms with Crippen molar-refractivity contribution in [2.24, 2.45) is 5.73 Å². The van der Waals surface area contributed by atoms with Gasteiger partial charge in [0.15, 0.2) is 23.3 Å². The number of nitrogens with two attached hydrogens (primary N) is 1. The molecule has 0 amide bonds. The van der Waals surface area contributed by atoms with Gasteiger partial charge in [-0.3, -0.25) is 0 Å². The minimum Gasteiger partial charge on any atom is -0.324 e. The van der Waals surface area contributed by atoms with Gasteiger partial charge < -0.3 is 5.73 Å². The zero-order chi connectivity index (χ0) is 16.0. The summed E-state index contributed by atoms with van der Waals surface area (Å²) < 4.78 is 66.1. The van der Waals surface area contributed by atoms with Crippen LogP contribution in [-0.2, 0) is 0 Å². The van der Waals surface area contributed by atoms with Crippen molar-refractivity contribution >= 4 is 0 Å². The highest BCUT2D eigenvalue weighted by Gasteiger charge is 2.28. The van der Waals surface area contributed by atoms with Crippen LogP contribution in [0.25, 0.3) is 0 Å². The van der Waals surface area contributed by atoms with E-state index in [4.69, 9.17) is 5.73 Å². The van der Waals surface area contributed by atoms with Crippen molar-refractivity contribution < 1.29 is 22.0 Å². The van der Waals surface area contributed by atoms with Crippen molar-refractivity contribution in [3.05, 3.63) is 34.6 Å².